The molecule has 3 aromatic rings. The summed E-state index contributed by atoms with van der Waals surface area (Å²) in [5.74, 6) is -0.0216. The number of ether oxygens (including phenoxy) is 2. The van der Waals surface area contributed by atoms with E-state index in [1.54, 1.807) is 37.4 Å². The van der Waals surface area contributed by atoms with Crippen molar-refractivity contribution in [1.29, 1.82) is 0 Å². The third-order valence-corrected chi connectivity index (χ3v) is 5.84. The normalized spacial score (nSPS) is 11.5. The molecule has 0 aliphatic carbocycles. The molecule has 0 fully saturated rings. The van der Waals surface area contributed by atoms with E-state index in [9.17, 15) is 13.8 Å². The van der Waals surface area contributed by atoms with Crippen LogP contribution in [0.25, 0.3) is 0 Å². The van der Waals surface area contributed by atoms with Crippen LogP contribution in [0, 0.1) is 0 Å². The molecule has 0 N–H and O–H groups in total. The maximum atomic E-state index is 13.1. The van der Waals surface area contributed by atoms with Gasteiger partial charge in [0.15, 0.2) is 0 Å². The molecule has 3 rings (SSSR count). The van der Waals surface area contributed by atoms with E-state index in [1.807, 2.05) is 54.6 Å². The van der Waals surface area contributed by atoms with Crippen LogP contribution < -0.4 is 9.64 Å². The van der Waals surface area contributed by atoms with E-state index in [4.69, 9.17) is 9.47 Å². The van der Waals surface area contributed by atoms with Crippen molar-refractivity contribution in [2.24, 2.45) is 0 Å². The number of benzene rings is 3. The largest absolute Gasteiger partial charge is 0.489 e. The van der Waals surface area contributed by atoms with Crippen LogP contribution in [0.15, 0.2) is 83.8 Å². The average molecular weight is 466 g/mol. The molecule has 0 bridgehead atoms. The van der Waals surface area contributed by atoms with Crippen molar-refractivity contribution >= 4 is 28.4 Å². The first-order chi connectivity index (χ1) is 16.0. The predicted octanol–water partition coefficient (Wildman–Crippen LogP) is 4.14. The van der Waals surface area contributed by atoms with Gasteiger partial charge in [0.25, 0.3) is 0 Å². The van der Waals surface area contributed by atoms with Gasteiger partial charge < -0.3 is 14.4 Å². The molecule has 0 saturated heterocycles. The quantitative estimate of drug-likeness (QED) is 0.421. The molecular weight excluding hydrogens is 438 g/mol. The summed E-state index contributed by atoms with van der Waals surface area (Å²) in [6.07, 6.45) is 1.70. The van der Waals surface area contributed by atoms with Gasteiger partial charge in [-0.05, 0) is 54.4 Å². The predicted molar refractivity (Wildman–Crippen MR) is 129 cm³/mol. The molecule has 0 heterocycles. The SMILES string of the molecule is CCOC(=O)CN(C(=O)Cc1ccc(OCc2ccccc2)cc1)c1ccc(S(C)=O)cc1. The summed E-state index contributed by atoms with van der Waals surface area (Å²) in [7, 11) is -1.13. The average Bonchev–Trinajstić information content (AvgIpc) is 2.83. The highest BCUT2D eigenvalue weighted by Crippen LogP contribution is 2.20. The number of anilines is 1. The third kappa shape index (κ3) is 7.29. The molecule has 1 amide bonds. The van der Waals surface area contributed by atoms with Gasteiger partial charge in [-0.3, -0.25) is 13.8 Å². The summed E-state index contributed by atoms with van der Waals surface area (Å²) >= 11 is 0. The lowest BCUT2D eigenvalue weighted by atomic mass is 10.1. The van der Waals surface area contributed by atoms with Crippen molar-refractivity contribution in [1.82, 2.24) is 0 Å². The van der Waals surface area contributed by atoms with Crippen molar-refractivity contribution in [3.63, 3.8) is 0 Å². The van der Waals surface area contributed by atoms with Crippen LogP contribution in [0.5, 0.6) is 5.75 Å². The lowest BCUT2D eigenvalue weighted by Crippen LogP contribution is -2.37. The van der Waals surface area contributed by atoms with E-state index in [0.717, 1.165) is 11.1 Å². The fourth-order valence-electron chi connectivity index (χ4n) is 3.19. The molecule has 1 atom stereocenters. The minimum Gasteiger partial charge on any atom is -0.489 e. The minimum atomic E-state index is -1.13. The van der Waals surface area contributed by atoms with Crippen LogP contribution in [-0.2, 0) is 38.2 Å². The van der Waals surface area contributed by atoms with Crippen LogP contribution >= 0.6 is 0 Å². The van der Waals surface area contributed by atoms with Gasteiger partial charge in [0, 0.05) is 27.6 Å². The number of hydrogen-bond donors (Lipinski definition) is 0. The molecule has 7 heteroatoms. The monoisotopic (exact) mass is 465 g/mol. The van der Waals surface area contributed by atoms with Crippen molar-refractivity contribution in [3.05, 3.63) is 90.0 Å². The molecule has 6 nitrogen and oxygen atoms in total. The van der Waals surface area contributed by atoms with Gasteiger partial charge in [-0.25, -0.2) is 0 Å². The summed E-state index contributed by atoms with van der Waals surface area (Å²) in [4.78, 5) is 27.2. The van der Waals surface area contributed by atoms with E-state index in [-0.39, 0.29) is 25.5 Å². The number of rotatable bonds is 10. The van der Waals surface area contributed by atoms with Gasteiger partial charge >= 0.3 is 5.97 Å². The molecule has 172 valence electrons. The second-order valence-electron chi connectivity index (χ2n) is 7.33. The summed E-state index contributed by atoms with van der Waals surface area (Å²) in [6, 6.07) is 24.0. The summed E-state index contributed by atoms with van der Waals surface area (Å²) in [5.41, 5.74) is 2.42. The van der Waals surface area contributed by atoms with Crippen molar-refractivity contribution in [2.45, 2.75) is 24.8 Å². The van der Waals surface area contributed by atoms with Gasteiger partial charge in [-0.15, -0.1) is 0 Å². The molecule has 0 saturated carbocycles. The van der Waals surface area contributed by atoms with E-state index in [2.05, 4.69) is 0 Å². The Labute approximate surface area is 196 Å². The van der Waals surface area contributed by atoms with Crippen LogP contribution in [0.4, 0.5) is 5.69 Å². The molecule has 3 aromatic carbocycles. The number of nitrogens with zero attached hydrogens (tertiary/aromatic N) is 1. The number of hydrogen-bond acceptors (Lipinski definition) is 5. The van der Waals surface area contributed by atoms with Gasteiger partial charge in [0.05, 0.1) is 13.0 Å². The zero-order valence-corrected chi connectivity index (χ0v) is 19.5. The summed E-state index contributed by atoms with van der Waals surface area (Å²) < 4.78 is 22.5. The summed E-state index contributed by atoms with van der Waals surface area (Å²) in [5, 5.41) is 0. The number of carbonyl (C=O) groups excluding carboxylic acids is 2. The smallest absolute Gasteiger partial charge is 0.326 e. The molecule has 0 aliphatic heterocycles. The topological polar surface area (TPSA) is 72.9 Å². The maximum Gasteiger partial charge on any atom is 0.326 e. The lowest BCUT2D eigenvalue weighted by Gasteiger charge is -2.22. The first-order valence-electron chi connectivity index (χ1n) is 10.6. The van der Waals surface area contributed by atoms with Gasteiger partial charge in [-0.2, -0.15) is 0 Å². The Bertz CT molecular complexity index is 1080. The lowest BCUT2D eigenvalue weighted by molar-refractivity contribution is -0.142. The Morgan fingerprint density at radius 1 is 0.879 bits per heavy atom. The Morgan fingerprint density at radius 2 is 1.55 bits per heavy atom. The molecule has 0 aromatic heterocycles. The molecule has 1 unspecified atom stereocenters. The molecule has 0 spiro atoms. The van der Waals surface area contributed by atoms with Gasteiger partial charge in [0.1, 0.15) is 18.9 Å². The zero-order valence-electron chi connectivity index (χ0n) is 18.7. The fraction of sp³-hybridized carbons (Fsp3) is 0.231. The van der Waals surface area contributed by atoms with E-state index in [0.29, 0.717) is 22.9 Å². The summed E-state index contributed by atoms with van der Waals surface area (Å²) in [6.45, 7) is 2.22. The van der Waals surface area contributed by atoms with Crippen molar-refractivity contribution in [2.75, 3.05) is 24.3 Å². The Balaban J connectivity index is 1.68. The zero-order chi connectivity index (χ0) is 23.6. The van der Waals surface area contributed by atoms with E-state index >= 15 is 0 Å². The van der Waals surface area contributed by atoms with Crippen LogP contribution in [0.1, 0.15) is 18.1 Å². The maximum absolute atomic E-state index is 13.1. The Kier molecular flexibility index (Phi) is 8.78. The number of esters is 1. The number of carbonyl (C=O) groups is 2. The fourth-order valence-corrected chi connectivity index (χ4v) is 3.71. The minimum absolute atomic E-state index is 0.111. The van der Waals surface area contributed by atoms with E-state index < -0.39 is 16.8 Å². The molecular formula is C26H27NO5S. The van der Waals surface area contributed by atoms with Crippen LogP contribution in [0.2, 0.25) is 0 Å². The van der Waals surface area contributed by atoms with Gasteiger partial charge in [-0.1, -0.05) is 42.5 Å². The van der Waals surface area contributed by atoms with Crippen molar-refractivity contribution < 1.29 is 23.3 Å². The molecule has 0 aliphatic rings. The standard InChI is InChI=1S/C26H27NO5S/c1-3-31-26(29)18-27(22-11-15-24(16-12-22)33(2)30)25(28)17-20-9-13-23(14-10-20)32-19-21-7-5-4-6-8-21/h4-16H,3,17-19H2,1-2H3. The highest BCUT2D eigenvalue weighted by Gasteiger charge is 2.20. The highest BCUT2D eigenvalue weighted by atomic mass is 32.2. The second kappa shape index (κ2) is 12.0. The molecule has 33 heavy (non-hydrogen) atoms. The first kappa shape index (κ1) is 24.2. The Hall–Kier alpha value is -3.45. The number of amides is 1. The first-order valence-corrected chi connectivity index (χ1v) is 12.2. The Morgan fingerprint density at radius 3 is 2.15 bits per heavy atom. The van der Waals surface area contributed by atoms with Gasteiger partial charge in [0.2, 0.25) is 5.91 Å². The second-order valence-corrected chi connectivity index (χ2v) is 8.71. The van der Waals surface area contributed by atoms with Crippen molar-refractivity contribution in [3.8, 4) is 5.75 Å². The molecule has 0 radical (unpaired) electrons. The third-order valence-electron chi connectivity index (χ3n) is 4.90. The van der Waals surface area contributed by atoms with Crippen LogP contribution in [0.3, 0.4) is 0 Å². The van der Waals surface area contributed by atoms with E-state index in [1.165, 1.54) is 4.90 Å². The van der Waals surface area contributed by atoms with Crippen LogP contribution in [-0.4, -0.2) is 35.5 Å². The highest BCUT2D eigenvalue weighted by molar-refractivity contribution is 7.84.